The summed E-state index contributed by atoms with van der Waals surface area (Å²) in [5.41, 5.74) is 0. The van der Waals surface area contributed by atoms with Gasteiger partial charge in [0.2, 0.25) is 0 Å². The lowest BCUT2D eigenvalue weighted by Crippen LogP contribution is -2.12. The maximum atomic E-state index is 4.29. The third-order valence-electron chi connectivity index (χ3n) is 2.79. The van der Waals surface area contributed by atoms with Crippen molar-refractivity contribution >= 4 is 15.9 Å². The summed E-state index contributed by atoms with van der Waals surface area (Å²) < 4.78 is 0. The summed E-state index contributed by atoms with van der Waals surface area (Å²) in [7, 11) is 1.82. The minimum absolute atomic E-state index is 0.450. The molecule has 5 heteroatoms. The van der Waals surface area contributed by atoms with Crippen LogP contribution in [-0.4, -0.2) is 25.0 Å². The van der Waals surface area contributed by atoms with Crippen LogP contribution in [0.15, 0.2) is 0 Å². The predicted molar refractivity (Wildman–Crippen MR) is 57.3 cm³/mol. The van der Waals surface area contributed by atoms with Crippen molar-refractivity contribution in [3.63, 3.8) is 0 Å². The van der Waals surface area contributed by atoms with E-state index in [1.165, 1.54) is 32.1 Å². The molecule has 0 spiro atoms. The Morgan fingerprint density at radius 3 is 2.79 bits per heavy atom. The number of halogens is 1. The van der Waals surface area contributed by atoms with E-state index in [9.17, 15) is 0 Å². The van der Waals surface area contributed by atoms with Gasteiger partial charge in [-0.25, -0.2) is 0 Å². The van der Waals surface area contributed by atoms with E-state index in [1.54, 1.807) is 4.80 Å². The summed E-state index contributed by atoms with van der Waals surface area (Å²) in [6.07, 6.45) is 6.33. The molecule has 0 bridgehead atoms. The molecule has 2 unspecified atom stereocenters. The molecule has 0 aromatic carbocycles. The summed E-state index contributed by atoms with van der Waals surface area (Å²) in [6, 6.07) is 0. The molecule has 0 saturated heterocycles. The molecule has 0 N–H and O–H groups in total. The summed E-state index contributed by atoms with van der Waals surface area (Å²) >= 11 is 3.73. The lowest BCUT2D eigenvalue weighted by molar-refractivity contribution is 0.570. The highest BCUT2D eigenvalue weighted by atomic mass is 79.9. The summed E-state index contributed by atoms with van der Waals surface area (Å²) in [6.45, 7) is 0. The number of alkyl halides is 1. The van der Waals surface area contributed by atoms with Crippen LogP contribution in [0.5, 0.6) is 0 Å². The second-order valence-electron chi connectivity index (χ2n) is 3.90. The van der Waals surface area contributed by atoms with E-state index in [-0.39, 0.29) is 0 Å². The topological polar surface area (TPSA) is 43.6 Å². The van der Waals surface area contributed by atoms with Crippen molar-refractivity contribution in [2.24, 2.45) is 7.05 Å². The van der Waals surface area contributed by atoms with Crippen LogP contribution in [0.3, 0.4) is 0 Å². The number of rotatable bonds is 1. The predicted octanol–water partition coefficient (Wildman–Crippen LogP) is 2.02. The van der Waals surface area contributed by atoms with Gasteiger partial charge in [0.05, 0.1) is 7.05 Å². The van der Waals surface area contributed by atoms with Gasteiger partial charge in [-0.15, -0.1) is 10.2 Å². The minimum atomic E-state index is 0.450. The van der Waals surface area contributed by atoms with Crippen LogP contribution in [0.2, 0.25) is 0 Å². The third kappa shape index (κ3) is 2.13. The van der Waals surface area contributed by atoms with Crippen molar-refractivity contribution in [1.82, 2.24) is 20.2 Å². The molecular weight excluding hydrogens is 244 g/mol. The Balaban J connectivity index is 2.14. The number of hydrogen-bond acceptors (Lipinski definition) is 3. The van der Waals surface area contributed by atoms with Gasteiger partial charge in [-0.1, -0.05) is 35.2 Å². The van der Waals surface area contributed by atoms with Gasteiger partial charge >= 0.3 is 0 Å². The lowest BCUT2D eigenvalue weighted by atomic mass is 10.00. The second-order valence-corrected chi connectivity index (χ2v) is 5.07. The average Bonchev–Trinajstić information content (AvgIpc) is 2.46. The van der Waals surface area contributed by atoms with E-state index >= 15 is 0 Å². The fourth-order valence-corrected chi connectivity index (χ4v) is 2.82. The van der Waals surface area contributed by atoms with E-state index in [2.05, 4.69) is 31.3 Å². The zero-order valence-corrected chi connectivity index (χ0v) is 9.94. The zero-order valence-electron chi connectivity index (χ0n) is 8.36. The first-order valence-corrected chi connectivity index (χ1v) is 6.07. The Labute approximate surface area is 92.2 Å². The molecule has 0 radical (unpaired) electrons. The molecular formula is C9H15BrN4. The summed E-state index contributed by atoms with van der Waals surface area (Å²) in [5.74, 6) is 1.35. The van der Waals surface area contributed by atoms with E-state index < -0.39 is 0 Å². The smallest absolute Gasteiger partial charge is 0.167 e. The highest BCUT2D eigenvalue weighted by Gasteiger charge is 2.26. The van der Waals surface area contributed by atoms with Gasteiger partial charge in [0.25, 0.3) is 0 Å². The van der Waals surface area contributed by atoms with Crippen molar-refractivity contribution in [3.05, 3.63) is 5.82 Å². The first-order valence-electron chi connectivity index (χ1n) is 5.15. The van der Waals surface area contributed by atoms with Crippen molar-refractivity contribution in [2.75, 3.05) is 0 Å². The molecule has 1 heterocycles. The van der Waals surface area contributed by atoms with Crippen LogP contribution in [0.25, 0.3) is 0 Å². The van der Waals surface area contributed by atoms with E-state index in [4.69, 9.17) is 0 Å². The third-order valence-corrected chi connectivity index (χ3v) is 3.88. The van der Waals surface area contributed by atoms with Crippen molar-refractivity contribution in [2.45, 2.75) is 42.8 Å². The molecule has 1 aromatic rings. The Bertz CT molecular complexity index is 299. The van der Waals surface area contributed by atoms with Crippen LogP contribution in [0.1, 0.15) is 43.8 Å². The van der Waals surface area contributed by atoms with E-state index in [0.717, 1.165) is 5.82 Å². The zero-order chi connectivity index (χ0) is 9.97. The Kier molecular flexibility index (Phi) is 3.15. The first kappa shape index (κ1) is 10.1. The van der Waals surface area contributed by atoms with Crippen LogP contribution in [-0.2, 0) is 7.05 Å². The molecule has 2 rings (SSSR count). The molecule has 1 aromatic heterocycles. The first-order chi connectivity index (χ1) is 6.77. The molecule has 0 aliphatic heterocycles. The van der Waals surface area contributed by atoms with Crippen LogP contribution < -0.4 is 0 Å². The molecule has 14 heavy (non-hydrogen) atoms. The maximum absolute atomic E-state index is 4.29. The minimum Gasteiger partial charge on any atom is -0.167 e. The van der Waals surface area contributed by atoms with Gasteiger partial charge in [-0.3, -0.25) is 0 Å². The highest BCUT2D eigenvalue weighted by molar-refractivity contribution is 9.09. The molecule has 1 saturated carbocycles. The van der Waals surface area contributed by atoms with E-state index in [1.807, 2.05) is 7.05 Å². The van der Waals surface area contributed by atoms with Gasteiger partial charge in [0.1, 0.15) is 0 Å². The normalized spacial score (nSPS) is 28.7. The molecule has 0 amide bonds. The number of nitrogens with zero attached hydrogens (tertiary/aromatic N) is 4. The van der Waals surface area contributed by atoms with Gasteiger partial charge in [0.15, 0.2) is 5.82 Å². The quantitative estimate of drug-likeness (QED) is 0.572. The van der Waals surface area contributed by atoms with Crippen LogP contribution >= 0.6 is 15.9 Å². The van der Waals surface area contributed by atoms with Gasteiger partial charge in [-0.2, -0.15) is 4.80 Å². The fraction of sp³-hybridized carbons (Fsp3) is 0.889. The molecule has 1 aliphatic rings. The van der Waals surface area contributed by atoms with Crippen molar-refractivity contribution in [1.29, 1.82) is 0 Å². The van der Waals surface area contributed by atoms with Crippen molar-refractivity contribution < 1.29 is 0 Å². The van der Waals surface area contributed by atoms with Gasteiger partial charge < -0.3 is 0 Å². The van der Waals surface area contributed by atoms with Crippen LogP contribution in [0, 0.1) is 0 Å². The van der Waals surface area contributed by atoms with Crippen molar-refractivity contribution in [3.8, 4) is 0 Å². The molecule has 78 valence electrons. The van der Waals surface area contributed by atoms with Gasteiger partial charge in [0, 0.05) is 10.7 Å². The van der Waals surface area contributed by atoms with Crippen LogP contribution in [0.4, 0.5) is 0 Å². The maximum Gasteiger partial charge on any atom is 0.178 e. The summed E-state index contributed by atoms with van der Waals surface area (Å²) in [4.78, 5) is 2.06. The number of hydrogen-bond donors (Lipinski definition) is 0. The summed E-state index contributed by atoms with van der Waals surface area (Å²) in [5, 5.41) is 12.3. The standard InChI is InChI=1S/C9H15BrN4/c1-14-12-9(11-13-14)7-5-3-2-4-6-8(7)10/h7-8H,2-6H2,1H3. The number of tetrazole rings is 1. The molecule has 4 nitrogen and oxygen atoms in total. The Morgan fingerprint density at radius 1 is 1.29 bits per heavy atom. The fourth-order valence-electron chi connectivity index (χ4n) is 2.00. The van der Waals surface area contributed by atoms with E-state index in [0.29, 0.717) is 10.7 Å². The largest absolute Gasteiger partial charge is 0.178 e. The monoisotopic (exact) mass is 258 g/mol. The Morgan fingerprint density at radius 2 is 2.07 bits per heavy atom. The lowest BCUT2D eigenvalue weighted by Gasteiger charge is -2.15. The second kappa shape index (κ2) is 4.38. The van der Waals surface area contributed by atoms with Gasteiger partial charge in [-0.05, 0) is 18.1 Å². The molecule has 1 fully saturated rings. The SMILES string of the molecule is Cn1nnc(C2CCCCCC2Br)n1. The number of aromatic nitrogens is 4. The average molecular weight is 259 g/mol. The molecule has 1 aliphatic carbocycles. The molecule has 2 atom stereocenters. The Hall–Kier alpha value is -0.450. The number of aryl methyl sites for hydroxylation is 1. The highest BCUT2D eigenvalue weighted by Crippen LogP contribution is 2.34.